The molecule has 4 heteroatoms. The number of carbonyl (C=O) groups excluding carboxylic acids is 3. The first-order chi connectivity index (χ1) is 13.6. The van der Waals surface area contributed by atoms with Gasteiger partial charge in [-0.1, -0.05) is 49.6 Å². The van der Waals surface area contributed by atoms with Crippen LogP contribution in [-0.4, -0.2) is 24.1 Å². The van der Waals surface area contributed by atoms with Gasteiger partial charge in [0.15, 0.2) is 18.2 Å². The molecular weight excluding hydrogens is 364 g/mol. The van der Waals surface area contributed by atoms with Gasteiger partial charge in [0.25, 0.3) is 0 Å². The van der Waals surface area contributed by atoms with Crippen molar-refractivity contribution in [3.8, 4) is 0 Å². The Labute approximate surface area is 173 Å². The topological polar surface area (TPSA) is 60.4 Å². The van der Waals surface area contributed by atoms with E-state index in [4.69, 9.17) is 4.74 Å². The maximum absolute atomic E-state index is 13.0. The molecule has 0 aliphatic heterocycles. The molecule has 0 aromatic heterocycles. The van der Waals surface area contributed by atoms with Gasteiger partial charge in [-0.2, -0.15) is 0 Å². The van der Waals surface area contributed by atoms with Crippen LogP contribution in [-0.2, 0) is 19.1 Å². The van der Waals surface area contributed by atoms with E-state index >= 15 is 0 Å². The van der Waals surface area contributed by atoms with Gasteiger partial charge < -0.3 is 4.74 Å². The Morgan fingerprint density at radius 1 is 1.24 bits per heavy atom. The number of ketones is 2. The molecule has 0 aromatic carbocycles. The highest BCUT2D eigenvalue weighted by Gasteiger charge is 2.57. The third kappa shape index (κ3) is 2.98. The Hall–Kier alpha value is -1.97. The molecule has 4 rings (SSSR count). The average molecular weight is 397 g/mol. The summed E-state index contributed by atoms with van der Waals surface area (Å²) in [5.74, 6) is 0.751. The molecule has 0 N–H and O–H groups in total. The molecule has 6 atom stereocenters. The van der Waals surface area contributed by atoms with E-state index in [0.29, 0.717) is 24.2 Å². The molecule has 4 nitrogen and oxygen atoms in total. The third-order valence-electron chi connectivity index (χ3n) is 8.25. The number of Topliss-reactive ketones (excluding diaryl/α,β-unsaturated/α-hetero) is 1. The van der Waals surface area contributed by atoms with Crippen molar-refractivity contribution in [2.24, 2.45) is 34.5 Å². The van der Waals surface area contributed by atoms with Crippen molar-refractivity contribution >= 4 is 17.5 Å². The fourth-order valence-corrected chi connectivity index (χ4v) is 7.00. The van der Waals surface area contributed by atoms with Gasteiger partial charge in [0, 0.05) is 24.7 Å². The minimum Gasteiger partial charge on any atom is -0.458 e. The van der Waals surface area contributed by atoms with Crippen molar-refractivity contribution in [3.63, 3.8) is 0 Å². The lowest BCUT2D eigenvalue weighted by atomic mass is 9.49. The van der Waals surface area contributed by atoms with Crippen LogP contribution in [0, 0.1) is 34.5 Å². The van der Waals surface area contributed by atoms with Crippen LogP contribution in [0.5, 0.6) is 0 Å². The number of rotatable bonds is 3. The summed E-state index contributed by atoms with van der Waals surface area (Å²) in [6.45, 7) is 10.1. The van der Waals surface area contributed by atoms with Gasteiger partial charge in [0.1, 0.15) is 0 Å². The minimum absolute atomic E-state index is 0.00900. The van der Waals surface area contributed by atoms with Crippen LogP contribution < -0.4 is 0 Å². The first kappa shape index (κ1) is 20.3. The lowest BCUT2D eigenvalue weighted by molar-refractivity contribution is -0.147. The van der Waals surface area contributed by atoms with E-state index in [1.165, 1.54) is 18.1 Å². The van der Waals surface area contributed by atoms with Gasteiger partial charge in [0.05, 0.1) is 0 Å². The predicted octanol–water partition coefficient (Wildman–Crippen LogP) is 4.60. The van der Waals surface area contributed by atoms with Crippen LogP contribution in [0.1, 0.15) is 60.3 Å². The second-order valence-corrected chi connectivity index (χ2v) is 10.1. The summed E-state index contributed by atoms with van der Waals surface area (Å²) in [5, 5.41) is 0. The molecule has 0 amide bonds. The molecule has 0 saturated heterocycles. The fourth-order valence-electron chi connectivity index (χ4n) is 7.00. The van der Waals surface area contributed by atoms with Gasteiger partial charge in [-0.15, -0.1) is 0 Å². The summed E-state index contributed by atoms with van der Waals surface area (Å²) in [4.78, 5) is 36.3. The number of hydrogen-bond donors (Lipinski definition) is 0. The van der Waals surface area contributed by atoms with Crippen molar-refractivity contribution in [2.75, 3.05) is 6.61 Å². The predicted molar refractivity (Wildman–Crippen MR) is 111 cm³/mol. The van der Waals surface area contributed by atoms with Gasteiger partial charge >= 0.3 is 5.97 Å². The van der Waals surface area contributed by atoms with E-state index in [2.05, 4.69) is 39.8 Å². The lowest BCUT2D eigenvalue weighted by Crippen LogP contribution is -2.48. The molecule has 0 heterocycles. The second-order valence-electron chi connectivity index (χ2n) is 10.1. The fraction of sp³-hybridized carbons (Fsp3) is 0.640. The van der Waals surface area contributed by atoms with E-state index in [-0.39, 0.29) is 34.9 Å². The Balaban J connectivity index is 1.70. The number of allylic oxidation sites excluding steroid dienone is 6. The summed E-state index contributed by atoms with van der Waals surface area (Å²) in [7, 11) is 0. The molecule has 0 bridgehead atoms. The summed E-state index contributed by atoms with van der Waals surface area (Å²) >= 11 is 0. The second kappa shape index (κ2) is 6.78. The van der Waals surface area contributed by atoms with Gasteiger partial charge in [0.2, 0.25) is 0 Å². The van der Waals surface area contributed by atoms with E-state index < -0.39 is 5.97 Å². The highest BCUT2D eigenvalue weighted by atomic mass is 16.5. The SMILES string of the molecule is CC(=O)OCC(=O)[C@H]1C(C)=CC2C3CC(C)C4=CC(=O)CC[C@]4(C)C3=CC[C@@]21C. The van der Waals surface area contributed by atoms with Crippen molar-refractivity contribution in [3.05, 3.63) is 34.9 Å². The molecule has 0 aromatic rings. The summed E-state index contributed by atoms with van der Waals surface area (Å²) in [5.41, 5.74) is 3.70. The molecule has 4 aliphatic rings. The Morgan fingerprint density at radius 3 is 2.66 bits per heavy atom. The molecule has 3 unspecified atom stereocenters. The molecule has 1 saturated carbocycles. The molecule has 0 spiro atoms. The Morgan fingerprint density at radius 2 is 1.97 bits per heavy atom. The molecular formula is C25H32O4. The van der Waals surface area contributed by atoms with E-state index in [1.807, 2.05) is 6.08 Å². The van der Waals surface area contributed by atoms with Crippen LogP contribution in [0.4, 0.5) is 0 Å². The quantitative estimate of drug-likeness (QED) is 0.517. The van der Waals surface area contributed by atoms with Gasteiger partial charge in [-0.25, -0.2) is 0 Å². The van der Waals surface area contributed by atoms with Crippen LogP contribution in [0.25, 0.3) is 0 Å². The molecule has 0 radical (unpaired) electrons. The van der Waals surface area contributed by atoms with Gasteiger partial charge in [-0.05, 0) is 55.4 Å². The standard InChI is InChI=1S/C25H32O4/c1-14-10-18-19(24(4)8-6-17(27)12-20(14)24)7-9-25(5)21(18)11-15(2)23(25)22(28)13-29-16(3)26/h7,11-12,14,18,21,23H,6,8-10,13H2,1-5H3/t14?,18?,21?,23-,24-,25+/m1/s1. The summed E-state index contributed by atoms with van der Waals surface area (Å²) < 4.78 is 5.04. The maximum atomic E-state index is 13.0. The lowest BCUT2D eigenvalue weighted by Gasteiger charge is -2.55. The van der Waals surface area contributed by atoms with Gasteiger partial charge in [-0.3, -0.25) is 14.4 Å². The smallest absolute Gasteiger partial charge is 0.303 e. The molecule has 156 valence electrons. The zero-order valence-corrected chi connectivity index (χ0v) is 18.2. The zero-order chi connectivity index (χ0) is 21.1. The molecule has 4 aliphatic carbocycles. The molecule has 1 fully saturated rings. The normalized spacial score (nSPS) is 40.7. The average Bonchev–Trinajstić information content (AvgIpc) is 2.92. The van der Waals surface area contributed by atoms with Crippen LogP contribution in [0.15, 0.2) is 34.9 Å². The monoisotopic (exact) mass is 396 g/mol. The number of carbonyl (C=O) groups is 3. The van der Waals surface area contributed by atoms with Crippen molar-refractivity contribution in [1.82, 2.24) is 0 Å². The highest BCUT2D eigenvalue weighted by Crippen LogP contribution is 2.64. The van der Waals surface area contributed by atoms with E-state index in [9.17, 15) is 14.4 Å². The zero-order valence-electron chi connectivity index (χ0n) is 18.2. The van der Waals surface area contributed by atoms with Crippen molar-refractivity contribution in [1.29, 1.82) is 0 Å². The summed E-state index contributed by atoms with van der Waals surface area (Å²) in [6, 6.07) is 0. The van der Waals surface area contributed by atoms with Crippen molar-refractivity contribution < 1.29 is 19.1 Å². The van der Waals surface area contributed by atoms with Crippen molar-refractivity contribution in [2.45, 2.75) is 60.3 Å². The first-order valence-corrected chi connectivity index (χ1v) is 10.9. The third-order valence-corrected chi connectivity index (χ3v) is 8.25. The minimum atomic E-state index is -0.411. The van der Waals surface area contributed by atoms with Crippen LogP contribution >= 0.6 is 0 Å². The van der Waals surface area contributed by atoms with Crippen LogP contribution in [0.3, 0.4) is 0 Å². The van der Waals surface area contributed by atoms with Crippen LogP contribution in [0.2, 0.25) is 0 Å². The highest BCUT2D eigenvalue weighted by molar-refractivity contribution is 5.92. The maximum Gasteiger partial charge on any atom is 0.303 e. The molecule has 29 heavy (non-hydrogen) atoms. The van der Waals surface area contributed by atoms with E-state index in [0.717, 1.165) is 24.8 Å². The number of hydrogen-bond acceptors (Lipinski definition) is 4. The number of ether oxygens (including phenoxy) is 1. The number of fused-ring (bicyclic) bond motifs is 5. The summed E-state index contributed by atoms with van der Waals surface area (Å²) in [6.07, 6.45) is 10.0. The largest absolute Gasteiger partial charge is 0.458 e. The van der Waals surface area contributed by atoms with E-state index in [1.54, 1.807) is 0 Å². The Bertz CT molecular complexity index is 875. The number of esters is 1. The first-order valence-electron chi connectivity index (χ1n) is 10.9. The Kier molecular flexibility index (Phi) is 4.75.